The fraction of sp³-hybridized carbons (Fsp3) is 0.538. The van der Waals surface area contributed by atoms with Gasteiger partial charge in [0.1, 0.15) is 0 Å². The molecule has 0 aromatic carbocycles. The van der Waals surface area contributed by atoms with Crippen molar-refractivity contribution >= 4 is 17.5 Å². The largest absolute Gasteiger partial charge is 0.336 e. The summed E-state index contributed by atoms with van der Waals surface area (Å²) in [5.41, 5.74) is 0.558. The standard InChI is InChI=1S/C13H17ClN2O/c1-9-4-3-7-16(10(9)2)13(17)11-5-6-15-8-12(11)14/h5-6,8-10H,3-4,7H2,1-2H3. The lowest BCUT2D eigenvalue weighted by Gasteiger charge is -2.38. The summed E-state index contributed by atoms with van der Waals surface area (Å²) >= 11 is 6.01. The van der Waals surface area contributed by atoms with Gasteiger partial charge in [-0.2, -0.15) is 0 Å². The Kier molecular flexibility index (Phi) is 3.67. The first-order chi connectivity index (χ1) is 8.11. The number of carbonyl (C=O) groups excluding carboxylic acids is 1. The molecule has 1 saturated heterocycles. The molecule has 0 N–H and O–H groups in total. The second-order valence-corrected chi connectivity index (χ2v) is 5.12. The molecule has 1 aromatic heterocycles. The van der Waals surface area contributed by atoms with E-state index in [0.29, 0.717) is 16.5 Å². The number of likely N-dealkylation sites (tertiary alicyclic amines) is 1. The molecule has 1 aliphatic heterocycles. The maximum Gasteiger partial charge on any atom is 0.255 e. The number of carbonyl (C=O) groups is 1. The molecule has 1 aromatic rings. The van der Waals surface area contributed by atoms with Crippen LogP contribution in [0.25, 0.3) is 0 Å². The van der Waals surface area contributed by atoms with Crippen LogP contribution in [0, 0.1) is 5.92 Å². The number of nitrogens with zero attached hydrogens (tertiary/aromatic N) is 2. The molecule has 0 spiro atoms. The fourth-order valence-electron chi connectivity index (χ4n) is 2.33. The summed E-state index contributed by atoms with van der Waals surface area (Å²) in [6.45, 7) is 5.12. The van der Waals surface area contributed by atoms with Crippen molar-refractivity contribution in [2.24, 2.45) is 5.92 Å². The first kappa shape index (κ1) is 12.4. The zero-order chi connectivity index (χ0) is 12.4. The molecule has 2 unspecified atom stereocenters. The van der Waals surface area contributed by atoms with E-state index >= 15 is 0 Å². The Morgan fingerprint density at radius 1 is 1.53 bits per heavy atom. The molecule has 4 heteroatoms. The minimum atomic E-state index is 0.0245. The van der Waals surface area contributed by atoms with Crippen LogP contribution in [0.4, 0.5) is 0 Å². The smallest absolute Gasteiger partial charge is 0.255 e. The van der Waals surface area contributed by atoms with E-state index in [-0.39, 0.29) is 11.9 Å². The number of hydrogen-bond donors (Lipinski definition) is 0. The van der Waals surface area contributed by atoms with Gasteiger partial charge in [-0.3, -0.25) is 9.78 Å². The molecule has 17 heavy (non-hydrogen) atoms. The van der Waals surface area contributed by atoms with Gasteiger partial charge in [0.15, 0.2) is 0 Å². The number of halogens is 1. The first-order valence-corrected chi connectivity index (χ1v) is 6.39. The monoisotopic (exact) mass is 252 g/mol. The normalized spacial score (nSPS) is 24.8. The SMILES string of the molecule is CC1CCCN(C(=O)c2ccncc2Cl)C1C. The van der Waals surface area contributed by atoms with Crippen LogP contribution >= 0.6 is 11.6 Å². The summed E-state index contributed by atoms with van der Waals surface area (Å²) < 4.78 is 0. The lowest BCUT2D eigenvalue weighted by Crippen LogP contribution is -2.46. The second kappa shape index (κ2) is 5.05. The van der Waals surface area contributed by atoms with E-state index in [1.807, 2.05) is 4.90 Å². The third-order valence-electron chi connectivity index (χ3n) is 3.64. The highest BCUT2D eigenvalue weighted by Gasteiger charge is 2.29. The van der Waals surface area contributed by atoms with Gasteiger partial charge in [-0.05, 0) is 31.7 Å². The van der Waals surface area contributed by atoms with E-state index < -0.39 is 0 Å². The third-order valence-corrected chi connectivity index (χ3v) is 3.94. The molecule has 2 rings (SSSR count). The number of hydrogen-bond acceptors (Lipinski definition) is 2. The predicted molar refractivity (Wildman–Crippen MR) is 68.1 cm³/mol. The average molecular weight is 253 g/mol. The lowest BCUT2D eigenvalue weighted by atomic mass is 9.91. The summed E-state index contributed by atoms with van der Waals surface area (Å²) in [5, 5.41) is 0.433. The second-order valence-electron chi connectivity index (χ2n) is 4.71. The topological polar surface area (TPSA) is 33.2 Å². The van der Waals surface area contributed by atoms with Crippen molar-refractivity contribution in [1.82, 2.24) is 9.88 Å². The summed E-state index contributed by atoms with van der Waals surface area (Å²) in [6, 6.07) is 1.97. The minimum Gasteiger partial charge on any atom is -0.336 e. The summed E-state index contributed by atoms with van der Waals surface area (Å²) in [5.74, 6) is 0.574. The molecule has 2 atom stereocenters. The van der Waals surface area contributed by atoms with Crippen molar-refractivity contribution in [2.75, 3.05) is 6.54 Å². The first-order valence-electron chi connectivity index (χ1n) is 6.01. The van der Waals surface area contributed by atoms with E-state index in [9.17, 15) is 4.79 Å². The van der Waals surface area contributed by atoms with Crippen LogP contribution in [0.1, 0.15) is 37.0 Å². The summed E-state index contributed by atoms with van der Waals surface area (Å²) in [4.78, 5) is 18.2. The summed E-state index contributed by atoms with van der Waals surface area (Å²) in [6.07, 6.45) is 5.39. The number of rotatable bonds is 1. The van der Waals surface area contributed by atoms with Gasteiger partial charge in [0.25, 0.3) is 5.91 Å². The van der Waals surface area contributed by atoms with Crippen molar-refractivity contribution in [3.63, 3.8) is 0 Å². The molecule has 1 aliphatic rings. The molecular formula is C13H17ClN2O. The number of pyridine rings is 1. The maximum atomic E-state index is 12.4. The number of amides is 1. The number of piperidine rings is 1. The molecule has 1 fully saturated rings. The molecule has 2 heterocycles. The van der Waals surface area contributed by atoms with E-state index in [4.69, 9.17) is 11.6 Å². The van der Waals surface area contributed by atoms with Gasteiger partial charge in [-0.1, -0.05) is 18.5 Å². The van der Waals surface area contributed by atoms with Crippen molar-refractivity contribution in [2.45, 2.75) is 32.7 Å². The van der Waals surface area contributed by atoms with E-state index in [0.717, 1.165) is 13.0 Å². The Hall–Kier alpha value is -1.09. The fourth-order valence-corrected chi connectivity index (χ4v) is 2.53. The van der Waals surface area contributed by atoms with Gasteiger partial charge >= 0.3 is 0 Å². The molecule has 0 bridgehead atoms. The zero-order valence-electron chi connectivity index (χ0n) is 10.2. The van der Waals surface area contributed by atoms with Crippen LogP contribution in [0.5, 0.6) is 0 Å². The predicted octanol–water partition coefficient (Wildman–Crippen LogP) is 3.00. The molecular weight excluding hydrogens is 236 g/mol. The molecule has 3 nitrogen and oxygen atoms in total. The van der Waals surface area contributed by atoms with Crippen LogP contribution in [0.3, 0.4) is 0 Å². The van der Waals surface area contributed by atoms with Crippen LogP contribution in [-0.4, -0.2) is 28.4 Å². The van der Waals surface area contributed by atoms with E-state index in [1.54, 1.807) is 12.3 Å². The Morgan fingerprint density at radius 2 is 2.29 bits per heavy atom. The van der Waals surface area contributed by atoms with Gasteiger partial charge in [-0.25, -0.2) is 0 Å². The van der Waals surface area contributed by atoms with Gasteiger partial charge < -0.3 is 4.90 Å². The summed E-state index contributed by atoms with van der Waals surface area (Å²) in [7, 11) is 0. The van der Waals surface area contributed by atoms with Crippen LogP contribution in [0.15, 0.2) is 18.5 Å². The van der Waals surface area contributed by atoms with Gasteiger partial charge in [0.05, 0.1) is 10.6 Å². The van der Waals surface area contributed by atoms with Crippen LogP contribution in [0.2, 0.25) is 5.02 Å². The number of aromatic nitrogens is 1. The van der Waals surface area contributed by atoms with Crippen LogP contribution < -0.4 is 0 Å². The van der Waals surface area contributed by atoms with Gasteiger partial charge in [-0.15, -0.1) is 0 Å². The average Bonchev–Trinajstić information content (AvgIpc) is 2.32. The van der Waals surface area contributed by atoms with Gasteiger partial charge in [0.2, 0.25) is 0 Å². The molecule has 0 aliphatic carbocycles. The highest BCUT2D eigenvalue weighted by Crippen LogP contribution is 2.26. The third kappa shape index (κ3) is 2.44. The van der Waals surface area contributed by atoms with Crippen molar-refractivity contribution in [3.05, 3.63) is 29.0 Å². The molecule has 1 amide bonds. The molecule has 0 radical (unpaired) electrons. The van der Waals surface area contributed by atoms with Crippen molar-refractivity contribution < 1.29 is 4.79 Å². The van der Waals surface area contributed by atoms with Crippen molar-refractivity contribution in [3.8, 4) is 0 Å². The Bertz CT molecular complexity index is 422. The highest BCUT2D eigenvalue weighted by atomic mass is 35.5. The Labute approximate surface area is 107 Å². The van der Waals surface area contributed by atoms with E-state index in [2.05, 4.69) is 18.8 Å². The quantitative estimate of drug-likeness (QED) is 0.770. The molecule has 92 valence electrons. The maximum absolute atomic E-state index is 12.4. The Morgan fingerprint density at radius 3 is 3.00 bits per heavy atom. The minimum absolute atomic E-state index is 0.0245. The van der Waals surface area contributed by atoms with E-state index in [1.165, 1.54) is 12.6 Å². The Balaban J connectivity index is 2.23. The lowest BCUT2D eigenvalue weighted by molar-refractivity contribution is 0.0551. The van der Waals surface area contributed by atoms with Gasteiger partial charge in [0, 0.05) is 25.0 Å². The zero-order valence-corrected chi connectivity index (χ0v) is 10.9. The molecule has 0 saturated carbocycles. The van der Waals surface area contributed by atoms with Crippen LogP contribution in [-0.2, 0) is 0 Å². The van der Waals surface area contributed by atoms with Crippen molar-refractivity contribution in [1.29, 1.82) is 0 Å². The highest BCUT2D eigenvalue weighted by molar-refractivity contribution is 6.33.